The summed E-state index contributed by atoms with van der Waals surface area (Å²) in [4.78, 5) is 13.2. The van der Waals surface area contributed by atoms with Crippen LogP contribution < -0.4 is 5.32 Å². The molecule has 1 N–H and O–H groups in total. The predicted octanol–water partition coefficient (Wildman–Crippen LogP) is 2.16. The molecule has 2 aromatic rings. The lowest BCUT2D eigenvalue weighted by Crippen LogP contribution is -2.14. The van der Waals surface area contributed by atoms with Crippen molar-refractivity contribution in [3.05, 3.63) is 28.5 Å². The molecular weight excluding hydrogens is 232 g/mol. The fraction of sp³-hybridized carbons (Fsp3) is 0.417. The molecule has 1 saturated carbocycles. The van der Waals surface area contributed by atoms with Gasteiger partial charge in [0.15, 0.2) is 0 Å². The van der Waals surface area contributed by atoms with Gasteiger partial charge in [0.25, 0.3) is 0 Å². The van der Waals surface area contributed by atoms with Gasteiger partial charge >= 0.3 is 0 Å². The number of thiazole rings is 1. The van der Waals surface area contributed by atoms with Crippen molar-refractivity contribution in [1.82, 2.24) is 20.3 Å². The van der Waals surface area contributed by atoms with E-state index in [1.54, 1.807) is 23.7 Å². The summed E-state index contributed by atoms with van der Waals surface area (Å²) >= 11 is 1.68. The molecule has 2 aromatic heterocycles. The fourth-order valence-corrected chi connectivity index (χ4v) is 2.41. The number of nitrogens with zero attached hydrogens (tertiary/aromatic N) is 3. The first kappa shape index (κ1) is 10.8. The second-order valence-electron chi connectivity index (χ2n) is 4.27. The summed E-state index contributed by atoms with van der Waals surface area (Å²) in [6, 6.07) is 0.723. The van der Waals surface area contributed by atoms with Crippen LogP contribution in [0.1, 0.15) is 23.5 Å². The molecule has 4 nitrogen and oxygen atoms in total. The molecule has 1 aliphatic rings. The maximum Gasteiger partial charge on any atom is 0.111 e. The zero-order valence-corrected chi connectivity index (χ0v) is 10.5. The van der Waals surface area contributed by atoms with Crippen molar-refractivity contribution >= 4 is 11.3 Å². The Kier molecular flexibility index (Phi) is 2.86. The molecule has 0 aromatic carbocycles. The van der Waals surface area contributed by atoms with Crippen LogP contribution in [0, 0.1) is 6.92 Å². The Bertz CT molecular complexity index is 519. The standard InChI is InChI=1S/C12H14N4S/c1-8-12(14-5-4-13-8)10-7-17-11(16-10)6-15-9-2-3-9/h4-5,7,9,15H,2-3,6H2,1H3. The molecule has 2 heterocycles. The summed E-state index contributed by atoms with van der Waals surface area (Å²) in [6.45, 7) is 2.83. The van der Waals surface area contributed by atoms with Gasteiger partial charge in [0.1, 0.15) is 16.4 Å². The number of hydrogen-bond acceptors (Lipinski definition) is 5. The monoisotopic (exact) mass is 246 g/mol. The van der Waals surface area contributed by atoms with Crippen molar-refractivity contribution in [3.63, 3.8) is 0 Å². The SMILES string of the molecule is Cc1nccnc1-c1csc(CNC2CC2)n1. The number of aryl methyl sites for hydroxylation is 1. The minimum absolute atomic E-state index is 0.723. The van der Waals surface area contributed by atoms with E-state index in [2.05, 4.69) is 25.6 Å². The molecule has 0 radical (unpaired) electrons. The van der Waals surface area contributed by atoms with Crippen molar-refractivity contribution in [2.45, 2.75) is 32.4 Å². The smallest absolute Gasteiger partial charge is 0.111 e. The summed E-state index contributed by atoms with van der Waals surface area (Å²) in [5, 5.41) is 6.64. The van der Waals surface area contributed by atoms with E-state index >= 15 is 0 Å². The third-order valence-corrected chi connectivity index (χ3v) is 3.64. The maximum atomic E-state index is 4.59. The van der Waals surface area contributed by atoms with Crippen LogP contribution in [0.5, 0.6) is 0 Å². The van der Waals surface area contributed by atoms with Crippen molar-refractivity contribution in [2.75, 3.05) is 0 Å². The van der Waals surface area contributed by atoms with Crippen LogP contribution >= 0.6 is 11.3 Å². The number of aromatic nitrogens is 3. The van der Waals surface area contributed by atoms with Gasteiger partial charge < -0.3 is 5.32 Å². The number of nitrogens with one attached hydrogen (secondary N) is 1. The highest BCUT2D eigenvalue weighted by atomic mass is 32.1. The fourth-order valence-electron chi connectivity index (χ4n) is 1.68. The molecular formula is C12H14N4S. The minimum Gasteiger partial charge on any atom is -0.308 e. The molecule has 0 spiro atoms. The van der Waals surface area contributed by atoms with E-state index in [0.717, 1.165) is 34.7 Å². The Morgan fingerprint density at radius 1 is 1.35 bits per heavy atom. The van der Waals surface area contributed by atoms with Gasteiger partial charge in [0, 0.05) is 30.4 Å². The predicted molar refractivity (Wildman–Crippen MR) is 67.7 cm³/mol. The Labute approximate surface area is 104 Å². The Hall–Kier alpha value is -1.33. The van der Waals surface area contributed by atoms with Crippen LogP contribution in [0.25, 0.3) is 11.4 Å². The molecule has 88 valence electrons. The van der Waals surface area contributed by atoms with Gasteiger partial charge in [-0.2, -0.15) is 0 Å². The Balaban J connectivity index is 1.77. The highest BCUT2D eigenvalue weighted by molar-refractivity contribution is 7.09. The average molecular weight is 246 g/mol. The molecule has 1 aliphatic carbocycles. The molecule has 0 amide bonds. The van der Waals surface area contributed by atoms with Gasteiger partial charge in [0.05, 0.1) is 5.69 Å². The largest absolute Gasteiger partial charge is 0.308 e. The molecule has 0 aliphatic heterocycles. The molecule has 0 bridgehead atoms. The van der Waals surface area contributed by atoms with E-state index in [1.807, 2.05) is 6.92 Å². The highest BCUT2D eigenvalue weighted by Crippen LogP contribution is 2.23. The normalized spacial score (nSPS) is 15.1. The van der Waals surface area contributed by atoms with E-state index in [1.165, 1.54) is 12.8 Å². The lowest BCUT2D eigenvalue weighted by Gasteiger charge is -1.99. The zero-order chi connectivity index (χ0) is 11.7. The first-order valence-corrected chi connectivity index (χ1v) is 6.66. The van der Waals surface area contributed by atoms with Gasteiger partial charge in [-0.15, -0.1) is 11.3 Å². The van der Waals surface area contributed by atoms with Crippen LogP contribution in [0.2, 0.25) is 0 Å². The molecule has 3 rings (SSSR count). The summed E-state index contributed by atoms with van der Waals surface area (Å²) < 4.78 is 0. The lowest BCUT2D eigenvalue weighted by atomic mass is 10.3. The second kappa shape index (κ2) is 4.50. The van der Waals surface area contributed by atoms with Crippen LogP contribution in [-0.4, -0.2) is 21.0 Å². The van der Waals surface area contributed by atoms with Crippen molar-refractivity contribution in [2.24, 2.45) is 0 Å². The third-order valence-electron chi connectivity index (χ3n) is 2.79. The van der Waals surface area contributed by atoms with E-state index in [-0.39, 0.29) is 0 Å². The summed E-state index contributed by atoms with van der Waals surface area (Å²) in [5.41, 5.74) is 2.76. The quantitative estimate of drug-likeness (QED) is 0.898. The van der Waals surface area contributed by atoms with E-state index in [0.29, 0.717) is 0 Å². The van der Waals surface area contributed by atoms with Crippen molar-refractivity contribution in [3.8, 4) is 11.4 Å². The van der Waals surface area contributed by atoms with Gasteiger partial charge in [0.2, 0.25) is 0 Å². The first-order chi connectivity index (χ1) is 8.33. The second-order valence-corrected chi connectivity index (χ2v) is 5.21. The molecule has 0 unspecified atom stereocenters. The van der Waals surface area contributed by atoms with Gasteiger partial charge in [-0.25, -0.2) is 4.98 Å². The highest BCUT2D eigenvalue weighted by Gasteiger charge is 2.20. The maximum absolute atomic E-state index is 4.59. The molecule has 0 saturated heterocycles. The van der Waals surface area contributed by atoms with Crippen LogP contribution in [-0.2, 0) is 6.54 Å². The minimum atomic E-state index is 0.723. The third kappa shape index (κ3) is 2.50. The Morgan fingerprint density at radius 3 is 2.94 bits per heavy atom. The number of rotatable bonds is 4. The van der Waals surface area contributed by atoms with Gasteiger partial charge in [-0.05, 0) is 19.8 Å². The topological polar surface area (TPSA) is 50.7 Å². The number of hydrogen-bond donors (Lipinski definition) is 1. The summed E-state index contributed by atoms with van der Waals surface area (Å²) in [6.07, 6.45) is 6.04. The van der Waals surface area contributed by atoms with Crippen LogP contribution in [0.3, 0.4) is 0 Å². The molecule has 5 heteroatoms. The van der Waals surface area contributed by atoms with E-state index < -0.39 is 0 Å². The zero-order valence-electron chi connectivity index (χ0n) is 9.68. The average Bonchev–Trinajstić information content (AvgIpc) is 3.06. The van der Waals surface area contributed by atoms with Gasteiger partial charge in [-0.1, -0.05) is 0 Å². The van der Waals surface area contributed by atoms with Gasteiger partial charge in [-0.3, -0.25) is 9.97 Å². The summed E-state index contributed by atoms with van der Waals surface area (Å²) in [7, 11) is 0. The van der Waals surface area contributed by atoms with Crippen LogP contribution in [0.4, 0.5) is 0 Å². The summed E-state index contributed by atoms with van der Waals surface area (Å²) in [5.74, 6) is 0. The molecule has 0 atom stereocenters. The van der Waals surface area contributed by atoms with Crippen LogP contribution in [0.15, 0.2) is 17.8 Å². The van der Waals surface area contributed by atoms with Crippen molar-refractivity contribution < 1.29 is 0 Å². The van der Waals surface area contributed by atoms with E-state index in [9.17, 15) is 0 Å². The first-order valence-electron chi connectivity index (χ1n) is 5.78. The molecule has 1 fully saturated rings. The van der Waals surface area contributed by atoms with Crippen molar-refractivity contribution in [1.29, 1.82) is 0 Å². The molecule has 17 heavy (non-hydrogen) atoms. The lowest BCUT2D eigenvalue weighted by molar-refractivity contribution is 0.685. The van der Waals surface area contributed by atoms with E-state index in [4.69, 9.17) is 0 Å². The Morgan fingerprint density at radius 2 is 2.18 bits per heavy atom.